The summed E-state index contributed by atoms with van der Waals surface area (Å²) < 4.78 is 18.1. The van der Waals surface area contributed by atoms with Gasteiger partial charge in [0.15, 0.2) is 12.2 Å². The van der Waals surface area contributed by atoms with E-state index in [0.717, 1.165) is 0 Å². The van der Waals surface area contributed by atoms with Crippen molar-refractivity contribution in [2.24, 2.45) is 39.6 Å². The molecule has 0 aromatic heterocycles. The van der Waals surface area contributed by atoms with Crippen molar-refractivity contribution in [3.63, 3.8) is 0 Å². The molecule has 3 rings (SSSR count). The minimum Gasteiger partial charge on any atom is -0.492 e. The zero-order valence-corrected chi connectivity index (χ0v) is 25.9. The van der Waals surface area contributed by atoms with E-state index in [4.69, 9.17) is 42.9 Å². The van der Waals surface area contributed by atoms with Crippen LogP contribution in [0.3, 0.4) is 0 Å². The summed E-state index contributed by atoms with van der Waals surface area (Å²) in [6.45, 7) is 1.79. The lowest BCUT2D eigenvalue weighted by Gasteiger charge is -2.50. The summed E-state index contributed by atoms with van der Waals surface area (Å²) >= 11 is 0. The van der Waals surface area contributed by atoms with Gasteiger partial charge in [-0.3, -0.25) is 9.79 Å². The lowest BCUT2D eigenvalue weighted by Crippen LogP contribution is -2.69. The molecule has 2 aliphatic heterocycles. The monoisotopic (exact) mass is 647 g/mol. The van der Waals surface area contributed by atoms with Crippen molar-refractivity contribution >= 4 is 11.9 Å². The second-order valence-corrected chi connectivity index (χ2v) is 12.3. The topological polar surface area (TPSA) is 324 Å². The zero-order valence-electron chi connectivity index (χ0n) is 25.9. The minimum atomic E-state index is -1.48. The van der Waals surface area contributed by atoms with E-state index >= 15 is 0 Å². The number of aliphatic hydroxyl groups excluding tert-OH is 4. The summed E-state index contributed by atoms with van der Waals surface area (Å²) in [5.74, 6) is -1.16. The molecule has 1 saturated heterocycles. The average Bonchev–Trinajstić information content (AvgIpc) is 2.97. The van der Waals surface area contributed by atoms with Gasteiger partial charge in [-0.2, -0.15) is 0 Å². The Kier molecular flexibility index (Phi) is 13.7. The van der Waals surface area contributed by atoms with Crippen molar-refractivity contribution in [3.8, 4) is 0 Å². The molecule has 18 heteroatoms. The summed E-state index contributed by atoms with van der Waals surface area (Å²) in [5.41, 5.74) is 28.0. The van der Waals surface area contributed by atoms with E-state index in [9.17, 15) is 30.3 Å². The predicted molar refractivity (Wildman–Crippen MR) is 163 cm³/mol. The Morgan fingerprint density at radius 3 is 2.60 bits per heavy atom. The normalized spacial score (nSPS) is 38.4. The van der Waals surface area contributed by atoms with Crippen LogP contribution in [0.15, 0.2) is 16.8 Å². The molecule has 2 fully saturated rings. The molecule has 1 saturated carbocycles. The van der Waals surface area contributed by atoms with Gasteiger partial charge in [-0.15, -0.1) is 0 Å². The van der Waals surface area contributed by atoms with Gasteiger partial charge in [0.05, 0.1) is 37.9 Å². The number of rotatable bonds is 14. The molecule has 13 atom stereocenters. The average molecular weight is 648 g/mol. The maximum absolute atomic E-state index is 13.0. The van der Waals surface area contributed by atoms with E-state index in [1.165, 1.54) is 6.92 Å². The van der Waals surface area contributed by atoms with Crippen molar-refractivity contribution in [1.29, 1.82) is 0 Å². The molecule has 0 bridgehead atoms. The highest BCUT2D eigenvalue weighted by Gasteiger charge is 2.53. The van der Waals surface area contributed by atoms with Crippen LogP contribution in [0, 0.1) is 5.92 Å². The first-order valence-corrected chi connectivity index (χ1v) is 15.2. The molecule has 260 valence electrons. The fraction of sp³-hybridized carbons (Fsp3) is 0.852. The number of nitrogens with two attached hydrogens (primary N) is 5. The number of ether oxygens (including phenoxy) is 3. The molecule has 18 N–H and O–H groups in total. The van der Waals surface area contributed by atoms with Crippen LogP contribution in [-0.4, -0.2) is 150 Å². The second-order valence-electron chi connectivity index (χ2n) is 12.3. The van der Waals surface area contributed by atoms with Crippen LogP contribution in [-0.2, 0) is 19.0 Å². The van der Waals surface area contributed by atoms with Crippen molar-refractivity contribution in [3.05, 3.63) is 11.8 Å². The number of amides is 1. The van der Waals surface area contributed by atoms with Gasteiger partial charge in [-0.05, 0) is 32.9 Å². The Morgan fingerprint density at radius 1 is 1.24 bits per heavy atom. The third-order valence-electron chi connectivity index (χ3n) is 8.55. The molecular weight excluding hydrogens is 594 g/mol. The molecule has 0 spiro atoms. The number of hydrogen-bond donors (Lipinski definition) is 13. The van der Waals surface area contributed by atoms with E-state index in [2.05, 4.69) is 20.9 Å². The highest BCUT2D eigenvalue weighted by atomic mass is 16.7. The van der Waals surface area contributed by atoms with Gasteiger partial charge in [0.25, 0.3) is 0 Å². The summed E-state index contributed by atoms with van der Waals surface area (Å²) in [6.07, 6.45) is -5.19. The SMILES string of the molecule is CNC1C(O)C(OC2C(NC(=O)C(O)CCN=C(N)N)CC(N)C(C3OC(CNCC(N)CO)=CCC3N)C2O)OCC1(C)O. The first-order valence-electron chi connectivity index (χ1n) is 15.2. The van der Waals surface area contributed by atoms with Crippen molar-refractivity contribution in [2.75, 3.05) is 39.9 Å². The number of hydrogen-bond acceptors (Lipinski definition) is 15. The molecule has 13 unspecified atom stereocenters. The van der Waals surface area contributed by atoms with E-state index < -0.39 is 84.4 Å². The Labute approximate surface area is 262 Å². The number of carbonyl (C=O) groups excluding carboxylic acids is 1. The largest absolute Gasteiger partial charge is 0.492 e. The first-order chi connectivity index (χ1) is 21.2. The summed E-state index contributed by atoms with van der Waals surface area (Å²) in [7, 11) is 1.57. The molecule has 0 radical (unpaired) electrons. The fourth-order valence-electron chi connectivity index (χ4n) is 6.13. The van der Waals surface area contributed by atoms with E-state index in [1.54, 1.807) is 7.05 Å². The number of carbonyl (C=O) groups is 1. The highest BCUT2D eigenvalue weighted by Crippen LogP contribution is 2.36. The summed E-state index contributed by atoms with van der Waals surface area (Å²) in [6, 6.07) is -3.49. The van der Waals surface area contributed by atoms with E-state index in [0.29, 0.717) is 25.3 Å². The van der Waals surface area contributed by atoms with Gasteiger partial charge in [0.2, 0.25) is 5.91 Å². The molecule has 0 aromatic rings. The second kappa shape index (κ2) is 16.6. The third kappa shape index (κ3) is 9.66. The lowest BCUT2D eigenvalue weighted by molar-refractivity contribution is -0.297. The predicted octanol–water partition coefficient (Wildman–Crippen LogP) is -6.45. The number of aliphatic hydroxyl groups is 5. The van der Waals surface area contributed by atoms with Crippen molar-refractivity contribution in [2.45, 2.75) is 98.8 Å². The molecule has 2 heterocycles. The van der Waals surface area contributed by atoms with Crippen LogP contribution in [0.25, 0.3) is 0 Å². The molecule has 3 aliphatic rings. The van der Waals surface area contributed by atoms with Crippen LogP contribution in [0.5, 0.6) is 0 Å². The number of guanidine groups is 1. The highest BCUT2D eigenvalue weighted by molar-refractivity contribution is 5.81. The van der Waals surface area contributed by atoms with Gasteiger partial charge in [0, 0.05) is 43.6 Å². The number of aliphatic imine (C=N–C) groups is 1. The smallest absolute Gasteiger partial charge is 0.249 e. The molecule has 1 aliphatic carbocycles. The van der Waals surface area contributed by atoms with Crippen LogP contribution < -0.4 is 44.6 Å². The number of nitrogens with zero attached hydrogens (tertiary/aromatic N) is 1. The van der Waals surface area contributed by atoms with Crippen molar-refractivity contribution < 1.29 is 44.5 Å². The van der Waals surface area contributed by atoms with Crippen LogP contribution in [0.4, 0.5) is 0 Å². The van der Waals surface area contributed by atoms with Crippen LogP contribution in [0.2, 0.25) is 0 Å². The Balaban J connectivity index is 1.82. The van der Waals surface area contributed by atoms with Crippen LogP contribution in [0.1, 0.15) is 26.2 Å². The molecule has 1 amide bonds. The van der Waals surface area contributed by atoms with Crippen molar-refractivity contribution in [1.82, 2.24) is 16.0 Å². The lowest BCUT2D eigenvalue weighted by atomic mass is 9.72. The quantitative estimate of drug-likeness (QED) is 0.0615. The van der Waals surface area contributed by atoms with Gasteiger partial charge >= 0.3 is 0 Å². The molecule has 45 heavy (non-hydrogen) atoms. The fourth-order valence-corrected chi connectivity index (χ4v) is 6.13. The standard InChI is InChI=1S/C27H53N9O9/c1-27(42)11-43-25(20(40)23(27)33-2)45-22-16(36-24(41)17(38)5-6-35-26(31)32)7-15(30)18(19(22)39)21-14(29)4-3-13(44-21)9-34-8-12(28)10-37/h3,12,14-23,25,33-34,37-40,42H,4-11,28-30H2,1-2H3,(H,36,41)(H4,31,32,35). The Morgan fingerprint density at radius 2 is 1.96 bits per heavy atom. The summed E-state index contributed by atoms with van der Waals surface area (Å²) in [4.78, 5) is 16.8. The maximum atomic E-state index is 13.0. The van der Waals surface area contributed by atoms with Gasteiger partial charge in [0.1, 0.15) is 35.8 Å². The van der Waals surface area contributed by atoms with Gasteiger partial charge in [-0.1, -0.05) is 0 Å². The van der Waals surface area contributed by atoms with Crippen LogP contribution >= 0.6 is 0 Å². The van der Waals surface area contributed by atoms with Gasteiger partial charge < -0.3 is 84.4 Å². The Bertz CT molecular complexity index is 1020. The summed E-state index contributed by atoms with van der Waals surface area (Å²) in [5, 5.41) is 61.9. The molecule has 0 aromatic carbocycles. The number of likely N-dealkylation sites (N-methyl/N-ethyl adjacent to an activating group) is 1. The van der Waals surface area contributed by atoms with Gasteiger partial charge in [-0.25, -0.2) is 0 Å². The number of nitrogens with one attached hydrogen (secondary N) is 3. The molecule has 18 nitrogen and oxygen atoms in total. The van der Waals surface area contributed by atoms with E-state index in [1.807, 2.05) is 6.08 Å². The molecular formula is C27H53N9O9. The zero-order chi connectivity index (χ0) is 33.5. The third-order valence-corrected chi connectivity index (χ3v) is 8.55. The first kappa shape index (κ1) is 37.3. The Hall–Kier alpha value is -2.20. The van der Waals surface area contributed by atoms with E-state index in [-0.39, 0.29) is 38.6 Å². The minimum absolute atomic E-state index is 0.00667. The maximum Gasteiger partial charge on any atom is 0.249 e.